The van der Waals surface area contributed by atoms with Crippen molar-refractivity contribution in [3.63, 3.8) is 0 Å². The van der Waals surface area contributed by atoms with Gasteiger partial charge in [0.1, 0.15) is 11.6 Å². The van der Waals surface area contributed by atoms with Gasteiger partial charge in [0.2, 0.25) is 10.0 Å². The van der Waals surface area contributed by atoms with E-state index in [4.69, 9.17) is 4.74 Å². The molecule has 0 spiro atoms. The minimum atomic E-state index is -3.67. The first-order valence-corrected chi connectivity index (χ1v) is 11.3. The van der Waals surface area contributed by atoms with Gasteiger partial charge < -0.3 is 10.1 Å². The SMILES string of the molecule is CNS(=O)(=O)c1ccc(NCC(c2ccc(OC)cc2)N2CCCCC2)c(F)c1. The summed E-state index contributed by atoms with van der Waals surface area (Å²) in [6.45, 7) is 2.52. The zero-order chi connectivity index (χ0) is 20.9. The summed E-state index contributed by atoms with van der Waals surface area (Å²) in [6, 6.07) is 12.0. The van der Waals surface area contributed by atoms with Crippen LogP contribution in [-0.2, 0) is 10.0 Å². The van der Waals surface area contributed by atoms with Gasteiger partial charge in [0.05, 0.1) is 23.7 Å². The summed E-state index contributed by atoms with van der Waals surface area (Å²) < 4.78 is 45.7. The van der Waals surface area contributed by atoms with E-state index >= 15 is 0 Å². The first kappa shape index (κ1) is 21.5. The number of rotatable bonds is 8. The number of methoxy groups -OCH3 is 1. The van der Waals surface area contributed by atoms with Crippen molar-refractivity contribution in [1.29, 1.82) is 0 Å². The van der Waals surface area contributed by atoms with Crippen molar-refractivity contribution in [3.05, 3.63) is 53.8 Å². The molecule has 6 nitrogen and oxygen atoms in total. The molecule has 1 fully saturated rings. The van der Waals surface area contributed by atoms with E-state index in [0.29, 0.717) is 6.54 Å². The van der Waals surface area contributed by atoms with Crippen molar-refractivity contribution in [2.24, 2.45) is 0 Å². The Hall–Kier alpha value is -2.16. The molecule has 1 unspecified atom stereocenters. The summed E-state index contributed by atoms with van der Waals surface area (Å²) in [4.78, 5) is 2.32. The largest absolute Gasteiger partial charge is 0.497 e. The predicted octanol–water partition coefficient (Wildman–Crippen LogP) is 3.38. The predicted molar refractivity (Wildman–Crippen MR) is 112 cm³/mol. The normalized spacial score (nSPS) is 16.4. The van der Waals surface area contributed by atoms with Crippen LogP contribution in [0, 0.1) is 5.82 Å². The Kier molecular flexibility index (Phi) is 7.10. The van der Waals surface area contributed by atoms with Crippen LogP contribution < -0.4 is 14.8 Å². The summed E-state index contributed by atoms with van der Waals surface area (Å²) in [5.41, 5.74) is 1.42. The van der Waals surface area contributed by atoms with Crippen molar-refractivity contribution in [1.82, 2.24) is 9.62 Å². The number of halogens is 1. The summed E-state index contributed by atoms with van der Waals surface area (Å²) >= 11 is 0. The number of benzene rings is 2. The smallest absolute Gasteiger partial charge is 0.240 e. The van der Waals surface area contributed by atoms with Gasteiger partial charge in [-0.25, -0.2) is 17.5 Å². The molecule has 2 aromatic carbocycles. The monoisotopic (exact) mass is 421 g/mol. The van der Waals surface area contributed by atoms with Crippen LogP contribution in [0.15, 0.2) is 47.4 Å². The van der Waals surface area contributed by atoms with Gasteiger partial charge in [-0.05, 0) is 68.9 Å². The van der Waals surface area contributed by atoms with E-state index in [-0.39, 0.29) is 16.6 Å². The van der Waals surface area contributed by atoms with Crippen molar-refractivity contribution in [3.8, 4) is 5.75 Å². The molecule has 8 heteroatoms. The molecule has 0 aliphatic carbocycles. The van der Waals surface area contributed by atoms with Gasteiger partial charge >= 0.3 is 0 Å². The van der Waals surface area contributed by atoms with Gasteiger partial charge in [0.15, 0.2) is 0 Å². The molecule has 158 valence electrons. The van der Waals surface area contributed by atoms with E-state index in [9.17, 15) is 12.8 Å². The zero-order valence-electron chi connectivity index (χ0n) is 16.8. The third-order valence-corrected chi connectivity index (χ3v) is 6.75. The third-order valence-electron chi connectivity index (χ3n) is 5.34. The molecule has 1 saturated heterocycles. The van der Waals surface area contributed by atoms with Crippen LogP contribution in [0.5, 0.6) is 5.75 Å². The molecule has 1 atom stereocenters. The second-order valence-corrected chi connectivity index (χ2v) is 9.00. The molecule has 29 heavy (non-hydrogen) atoms. The zero-order valence-corrected chi connectivity index (χ0v) is 17.6. The topological polar surface area (TPSA) is 70.7 Å². The van der Waals surface area contributed by atoms with Crippen molar-refractivity contribution >= 4 is 15.7 Å². The van der Waals surface area contributed by atoms with Gasteiger partial charge in [0, 0.05) is 6.54 Å². The van der Waals surface area contributed by atoms with Crippen LogP contribution in [0.4, 0.5) is 10.1 Å². The average Bonchev–Trinajstić information content (AvgIpc) is 2.76. The second kappa shape index (κ2) is 9.56. The number of ether oxygens (including phenoxy) is 1. The highest BCUT2D eigenvalue weighted by Crippen LogP contribution is 2.28. The van der Waals surface area contributed by atoms with Crippen LogP contribution in [0.1, 0.15) is 30.9 Å². The molecule has 2 N–H and O–H groups in total. The second-order valence-electron chi connectivity index (χ2n) is 7.12. The maximum absolute atomic E-state index is 14.5. The lowest BCUT2D eigenvalue weighted by atomic mass is 10.0. The van der Waals surface area contributed by atoms with Crippen LogP contribution in [0.2, 0.25) is 0 Å². The molecular formula is C21H28FN3O3S. The summed E-state index contributed by atoms with van der Waals surface area (Å²) in [5.74, 6) is 0.208. The van der Waals surface area contributed by atoms with Crippen LogP contribution in [0.3, 0.4) is 0 Å². The van der Waals surface area contributed by atoms with Crippen molar-refractivity contribution in [2.75, 3.05) is 39.1 Å². The Morgan fingerprint density at radius 2 is 1.79 bits per heavy atom. The molecule has 0 radical (unpaired) electrons. The molecule has 1 aliphatic rings. The highest BCUT2D eigenvalue weighted by Gasteiger charge is 2.23. The molecule has 3 rings (SSSR count). The fourth-order valence-electron chi connectivity index (χ4n) is 3.64. The van der Waals surface area contributed by atoms with E-state index in [0.717, 1.165) is 43.3 Å². The summed E-state index contributed by atoms with van der Waals surface area (Å²) in [6.07, 6.45) is 3.53. The fraction of sp³-hybridized carbons (Fsp3) is 0.429. The lowest BCUT2D eigenvalue weighted by Gasteiger charge is -2.35. The molecule has 2 aromatic rings. The minimum absolute atomic E-state index is 0.0846. The Balaban J connectivity index is 1.79. The maximum atomic E-state index is 14.5. The molecule has 0 saturated carbocycles. The van der Waals surface area contributed by atoms with E-state index < -0.39 is 15.8 Å². The maximum Gasteiger partial charge on any atom is 0.240 e. The number of hydrogen-bond donors (Lipinski definition) is 2. The van der Waals surface area contributed by atoms with Crippen molar-refractivity contribution in [2.45, 2.75) is 30.2 Å². The molecule has 1 heterocycles. The van der Waals surface area contributed by atoms with E-state index in [1.807, 2.05) is 24.3 Å². The first-order chi connectivity index (χ1) is 13.9. The molecule has 0 bridgehead atoms. The van der Waals surface area contributed by atoms with E-state index in [1.54, 1.807) is 7.11 Å². The fourth-order valence-corrected chi connectivity index (χ4v) is 4.39. The molecule has 1 aliphatic heterocycles. The third kappa shape index (κ3) is 5.26. The van der Waals surface area contributed by atoms with Gasteiger partial charge in [-0.15, -0.1) is 0 Å². The van der Waals surface area contributed by atoms with Gasteiger partial charge in [-0.3, -0.25) is 4.90 Å². The summed E-state index contributed by atoms with van der Waals surface area (Å²) in [5, 5.41) is 3.17. The number of piperidine rings is 1. The lowest BCUT2D eigenvalue weighted by Crippen LogP contribution is -2.37. The standard InChI is InChI=1S/C21H28FN3O3S/c1-23-29(26,27)18-10-11-20(19(22)14-18)24-15-21(25-12-4-3-5-13-25)16-6-8-17(28-2)9-7-16/h6-11,14,21,23-24H,3-5,12-13,15H2,1-2H3. The quantitative estimate of drug-likeness (QED) is 0.684. The minimum Gasteiger partial charge on any atom is -0.497 e. The number of nitrogens with one attached hydrogen (secondary N) is 2. The number of nitrogens with zero attached hydrogens (tertiary/aromatic N) is 1. The van der Waals surface area contributed by atoms with Crippen molar-refractivity contribution < 1.29 is 17.5 Å². The highest BCUT2D eigenvalue weighted by molar-refractivity contribution is 7.89. The number of hydrogen-bond acceptors (Lipinski definition) is 5. The van der Waals surface area contributed by atoms with Gasteiger partial charge in [-0.1, -0.05) is 18.6 Å². The van der Waals surface area contributed by atoms with E-state index in [1.165, 1.54) is 25.6 Å². The number of anilines is 1. The average molecular weight is 422 g/mol. The lowest BCUT2D eigenvalue weighted by molar-refractivity contribution is 0.170. The van der Waals surface area contributed by atoms with Gasteiger partial charge in [0.25, 0.3) is 0 Å². The number of likely N-dealkylation sites (tertiary alicyclic amines) is 1. The Morgan fingerprint density at radius 3 is 2.38 bits per heavy atom. The Bertz CT molecular complexity index is 913. The Labute approximate surface area is 172 Å². The van der Waals surface area contributed by atoms with Crippen LogP contribution in [-0.4, -0.2) is 47.1 Å². The Morgan fingerprint density at radius 1 is 1.10 bits per heavy atom. The van der Waals surface area contributed by atoms with Gasteiger partial charge in [-0.2, -0.15) is 0 Å². The molecule has 0 aromatic heterocycles. The van der Waals surface area contributed by atoms with E-state index in [2.05, 4.69) is 14.9 Å². The molecule has 0 amide bonds. The van der Waals surface area contributed by atoms with Crippen LogP contribution >= 0.6 is 0 Å². The number of sulfonamides is 1. The first-order valence-electron chi connectivity index (χ1n) is 9.79. The highest BCUT2D eigenvalue weighted by atomic mass is 32.2. The molecular weight excluding hydrogens is 393 g/mol. The van der Waals surface area contributed by atoms with Crippen LogP contribution in [0.25, 0.3) is 0 Å². The summed E-state index contributed by atoms with van der Waals surface area (Å²) in [7, 11) is -0.732.